The van der Waals surface area contributed by atoms with Crippen LogP contribution in [0.4, 0.5) is 4.39 Å². The number of imidazole rings is 1. The second kappa shape index (κ2) is 13.9. The molecular formula is C46H45FN10O5. The van der Waals surface area contributed by atoms with Gasteiger partial charge in [-0.1, -0.05) is 25.1 Å². The zero-order chi connectivity index (χ0) is 42.8. The summed E-state index contributed by atoms with van der Waals surface area (Å²) in [6, 6.07) is 17.6. The quantitative estimate of drug-likeness (QED) is 0.199. The predicted molar refractivity (Wildman–Crippen MR) is 228 cm³/mol. The van der Waals surface area contributed by atoms with Crippen LogP contribution in [0, 0.1) is 31.5 Å². The summed E-state index contributed by atoms with van der Waals surface area (Å²) in [4.78, 5) is 47.0. The summed E-state index contributed by atoms with van der Waals surface area (Å²) in [6.45, 7) is 9.54. The van der Waals surface area contributed by atoms with Crippen LogP contribution in [0.1, 0.15) is 76.9 Å². The number of ether oxygens (including phenoxy) is 1. The van der Waals surface area contributed by atoms with Crippen molar-refractivity contribution < 1.29 is 18.4 Å². The third kappa shape index (κ3) is 5.58. The average molecular weight is 837 g/mol. The summed E-state index contributed by atoms with van der Waals surface area (Å²) in [7, 11) is 1.87. The van der Waals surface area contributed by atoms with Gasteiger partial charge in [-0.15, -0.1) is 0 Å². The monoisotopic (exact) mass is 836 g/mol. The maximum Gasteiger partial charge on any atom is 0.438 e. The van der Waals surface area contributed by atoms with Gasteiger partial charge in [-0.2, -0.15) is 10.2 Å². The van der Waals surface area contributed by atoms with E-state index in [0.717, 1.165) is 40.3 Å². The van der Waals surface area contributed by atoms with Crippen molar-refractivity contribution in [3.05, 3.63) is 140 Å². The third-order valence-corrected chi connectivity index (χ3v) is 13.9. The molecule has 0 bridgehead atoms. The molecule has 15 nitrogen and oxygen atoms in total. The lowest BCUT2D eigenvalue weighted by atomic mass is 9.91. The number of benzene rings is 3. The molecule has 1 N–H and O–H groups in total. The highest BCUT2D eigenvalue weighted by Crippen LogP contribution is 2.61. The largest absolute Gasteiger partial charge is 0.438 e. The normalized spacial score (nSPS) is 20.4. The zero-order valence-corrected chi connectivity index (χ0v) is 35.1. The SMILES string of the molecule is Cc1cc(-n2nc3c(c2-n2ccn(-c4ccc5c(cnn5C)c4)c2=O)CN(C(=O)c2cc4cc(C5CCOCC5)ccc4n2C2(c4noc(=O)[nH]4)[C@H](C)[C@@H]2C)CC3)cc(C)c1F. The van der Waals surface area contributed by atoms with Crippen LogP contribution in [0.25, 0.3) is 39.0 Å². The van der Waals surface area contributed by atoms with E-state index in [1.54, 1.807) is 68.0 Å². The molecule has 1 unspecified atom stereocenters. The summed E-state index contributed by atoms with van der Waals surface area (Å²) in [5, 5.41) is 15.5. The summed E-state index contributed by atoms with van der Waals surface area (Å²) < 4.78 is 34.5. The average Bonchev–Trinajstić information content (AvgIpc) is 3.99. The lowest BCUT2D eigenvalue weighted by molar-refractivity contribution is 0.0720. The molecule has 1 amide bonds. The maximum absolute atomic E-state index is 15.4. The Morgan fingerprint density at radius 2 is 1.65 bits per heavy atom. The molecule has 16 heteroatoms. The van der Waals surface area contributed by atoms with Crippen molar-refractivity contribution >= 4 is 27.7 Å². The molecule has 5 aromatic heterocycles. The summed E-state index contributed by atoms with van der Waals surface area (Å²) in [6.07, 6.45) is 7.45. The Bertz CT molecular complexity index is 3210. The Kier molecular flexibility index (Phi) is 8.52. The van der Waals surface area contributed by atoms with Crippen LogP contribution in [-0.4, -0.2) is 74.0 Å². The Morgan fingerprint density at radius 3 is 2.37 bits per heavy atom. The van der Waals surface area contributed by atoms with Crippen LogP contribution in [0.3, 0.4) is 0 Å². The number of carbonyl (C=O) groups excluding carboxylic acids is 1. The van der Waals surface area contributed by atoms with E-state index in [9.17, 15) is 9.59 Å². The first-order chi connectivity index (χ1) is 29.9. The minimum absolute atomic E-state index is 0.00997. The molecule has 0 radical (unpaired) electrons. The van der Waals surface area contributed by atoms with Crippen LogP contribution in [0.2, 0.25) is 0 Å². The number of nitrogens with zero attached hydrogens (tertiary/aromatic N) is 9. The van der Waals surface area contributed by atoms with Gasteiger partial charge in [0.25, 0.3) is 5.91 Å². The van der Waals surface area contributed by atoms with E-state index in [-0.39, 0.29) is 35.8 Å². The Hall–Kier alpha value is -6.81. The van der Waals surface area contributed by atoms with Gasteiger partial charge in [-0.05, 0) is 110 Å². The fourth-order valence-corrected chi connectivity index (χ4v) is 10.4. The standard InChI is InChI=1S/C46H45FN10O5/c1-25-18-34(19-26(2)40(25)47)57-41(55-15-14-54(45(55)60)33-7-9-37-32(21-33)23-48-52(37)5)35-24-53(13-10-36(35)50-57)42(58)39-22-31-20-30(29-11-16-61-17-12-29)6-8-38(31)56(39)46(27(3)28(46)4)43-49-44(59)62-51-43/h6-9,14-15,18-23,27-29H,10-13,16-17,24H2,1-5H3,(H,49,51,59)/t27-,28+,46?. The second-order valence-corrected chi connectivity index (χ2v) is 17.3. The Morgan fingerprint density at radius 1 is 0.903 bits per heavy atom. The molecule has 3 aromatic carbocycles. The highest BCUT2D eigenvalue weighted by Gasteiger charge is 2.66. The van der Waals surface area contributed by atoms with E-state index >= 15 is 9.18 Å². The topological polar surface area (TPSA) is 156 Å². The molecule has 2 fully saturated rings. The van der Waals surface area contributed by atoms with Gasteiger partial charge >= 0.3 is 11.4 Å². The number of aryl methyl sites for hydroxylation is 3. The molecule has 11 rings (SSSR count). The molecule has 2 aliphatic heterocycles. The van der Waals surface area contributed by atoms with E-state index in [1.807, 2.05) is 31.3 Å². The number of nitrogens with one attached hydrogen (secondary N) is 1. The van der Waals surface area contributed by atoms with E-state index < -0.39 is 11.3 Å². The number of hydrogen-bond acceptors (Lipinski definition) is 8. The molecule has 316 valence electrons. The molecule has 7 heterocycles. The number of aromatic amines is 1. The smallest absolute Gasteiger partial charge is 0.381 e. The van der Waals surface area contributed by atoms with E-state index in [4.69, 9.17) is 14.4 Å². The van der Waals surface area contributed by atoms with Crippen molar-refractivity contribution in [2.24, 2.45) is 18.9 Å². The number of aromatic nitrogens is 9. The maximum atomic E-state index is 15.4. The fourth-order valence-electron chi connectivity index (χ4n) is 10.4. The van der Waals surface area contributed by atoms with Crippen LogP contribution >= 0.6 is 0 Å². The van der Waals surface area contributed by atoms with Gasteiger partial charge in [0.1, 0.15) is 22.9 Å². The van der Waals surface area contributed by atoms with Gasteiger partial charge in [0, 0.05) is 67.5 Å². The lowest BCUT2D eigenvalue weighted by Crippen LogP contribution is -2.39. The zero-order valence-electron chi connectivity index (χ0n) is 35.1. The first-order valence-corrected chi connectivity index (χ1v) is 21.1. The minimum atomic E-state index is -0.844. The second-order valence-electron chi connectivity index (χ2n) is 17.3. The van der Waals surface area contributed by atoms with Crippen LogP contribution in [0.15, 0.2) is 87.3 Å². The van der Waals surface area contributed by atoms with Gasteiger partial charge < -0.3 is 14.2 Å². The van der Waals surface area contributed by atoms with Crippen molar-refractivity contribution in [2.75, 3.05) is 19.8 Å². The molecule has 3 aliphatic rings. The van der Waals surface area contributed by atoms with Crippen LogP contribution in [-0.2, 0) is 30.3 Å². The predicted octanol–water partition coefficient (Wildman–Crippen LogP) is 6.21. The molecular weight excluding hydrogens is 792 g/mol. The summed E-state index contributed by atoms with van der Waals surface area (Å²) in [5.41, 5.74) is 5.87. The van der Waals surface area contributed by atoms with Crippen molar-refractivity contribution in [3.63, 3.8) is 0 Å². The molecule has 62 heavy (non-hydrogen) atoms. The Balaban J connectivity index is 1.05. The molecule has 8 aromatic rings. The van der Waals surface area contributed by atoms with Crippen molar-refractivity contribution in [1.82, 2.24) is 48.3 Å². The van der Waals surface area contributed by atoms with E-state index in [0.29, 0.717) is 77.5 Å². The van der Waals surface area contributed by atoms with Crippen molar-refractivity contribution in [3.8, 4) is 17.2 Å². The molecule has 3 atom stereocenters. The number of hydrogen-bond donors (Lipinski definition) is 1. The highest BCUT2D eigenvalue weighted by molar-refractivity contribution is 5.99. The van der Waals surface area contributed by atoms with Gasteiger partial charge in [-0.3, -0.25) is 28.1 Å². The van der Waals surface area contributed by atoms with Gasteiger partial charge in [0.05, 0.1) is 35.3 Å². The summed E-state index contributed by atoms with van der Waals surface area (Å²) >= 11 is 0. The van der Waals surface area contributed by atoms with E-state index in [2.05, 4.69) is 51.9 Å². The van der Waals surface area contributed by atoms with Crippen molar-refractivity contribution in [2.45, 2.75) is 65.0 Å². The number of halogens is 1. The van der Waals surface area contributed by atoms with E-state index in [1.165, 1.54) is 5.56 Å². The third-order valence-electron chi connectivity index (χ3n) is 13.9. The number of rotatable bonds is 7. The lowest BCUT2D eigenvalue weighted by Gasteiger charge is -2.29. The number of amides is 1. The van der Waals surface area contributed by atoms with Crippen LogP contribution < -0.4 is 11.4 Å². The number of H-pyrrole nitrogens is 1. The molecule has 0 spiro atoms. The van der Waals surface area contributed by atoms with Gasteiger partial charge in [0.15, 0.2) is 5.82 Å². The number of carbonyl (C=O) groups is 1. The molecule has 1 aliphatic carbocycles. The molecule has 1 saturated heterocycles. The highest BCUT2D eigenvalue weighted by atomic mass is 19.1. The summed E-state index contributed by atoms with van der Waals surface area (Å²) in [5.74, 6) is 0.0407. The van der Waals surface area contributed by atoms with Gasteiger partial charge in [-0.25, -0.2) is 18.7 Å². The molecule has 1 saturated carbocycles. The minimum Gasteiger partial charge on any atom is -0.381 e. The Labute approximate surface area is 353 Å². The number of fused-ring (bicyclic) bond motifs is 3. The van der Waals surface area contributed by atoms with Crippen molar-refractivity contribution in [1.29, 1.82) is 0 Å². The first kappa shape index (κ1) is 38.1. The van der Waals surface area contributed by atoms with Crippen LogP contribution in [0.5, 0.6) is 0 Å². The fraction of sp³-hybridized carbons (Fsp3) is 0.348. The first-order valence-electron chi connectivity index (χ1n) is 21.1. The van der Waals surface area contributed by atoms with Gasteiger partial charge in [0.2, 0.25) is 0 Å².